The molecular weight excluding hydrogens is 160 g/mol. The Kier molecular flexibility index (Phi) is 4.70. The summed E-state index contributed by atoms with van der Waals surface area (Å²) < 4.78 is 5.09. The molecule has 3 N–H and O–H groups in total. The predicted octanol–water partition coefficient (Wildman–Crippen LogP) is -0.279. The maximum absolute atomic E-state index is 9.25. The van der Waals surface area contributed by atoms with E-state index in [0.29, 0.717) is 0 Å². The van der Waals surface area contributed by atoms with Gasteiger partial charge in [0.2, 0.25) is 0 Å². The lowest BCUT2D eigenvalue weighted by Gasteiger charge is -2.28. The SMILES string of the molecule is C[C@@H](CO)[C@H](CO)OC(C)(C)O. The van der Waals surface area contributed by atoms with Crippen LogP contribution in [0.3, 0.4) is 0 Å². The van der Waals surface area contributed by atoms with E-state index < -0.39 is 11.9 Å². The summed E-state index contributed by atoms with van der Waals surface area (Å²) in [5, 5.41) is 26.9. The van der Waals surface area contributed by atoms with Crippen LogP contribution in [0.1, 0.15) is 20.8 Å². The van der Waals surface area contributed by atoms with Gasteiger partial charge in [0, 0.05) is 12.5 Å². The topological polar surface area (TPSA) is 69.9 Å². The fourth-order valence-corrected chi connectivity index (χ4v) is 0.821. The van der Waals surface area contributed by atoms with Gasteiger partial charge in [-0.05, 0) is 13.8 Å². The van der Waals surface area contributed by atoms with E-state index in [9.17, 15) is 5.11 Å². The van der Waals surface area contributed by atoms with Crippen molar-refractivity contribution in [3.63, 3.8) is 0 Å². The van der Waals surface area contributed by atoms with E-state index in [1.807, 2.05) is 0 Å². The Bertz CT molecular complexity index is 119. The van der Waals surface area contributed by atoms with E-state index >= 15 is 0 Å². The van der Waals surface area contributed by atoms with Gasteiger partial charge in [-0.3, -0.25) is 0 Å². The molecule has 4 heteroatoms. The Balaban J connectivity index is 3.99. The van der Waals surface area contributed by atoms with Gasteiger partial charge in [0.05, 0.1) is 12.7 Å². The summed E-state index contributed by atoms with van der Waals surface area (Å²) in [4.78, 5) is 0. The van der Waals surface area contributed by atoms with Crippen molar-refractivity contribution in [2.75, 3.05) is 13.2 Å². The second-order valence-electron chi connectivity index (χ2n) is 3.45. The van der Waals surface area contributed by atoms with Crippen molar-refractivity contribution in [1.82, 2.24) is 0 Å². The van der Waals surface area contributed by atoms with Gasteiger partial charge in [-0.25, -0.2) is 0 Å². The highest BCUT2D eigenvalue weighted by Crippen LogP contribution is 2.14. The van der Waals surface area contributed by atoms with Crippen molar-refractivity contribution in [2.45, 2.75) is 32.7 Å². The molecule has 0 fully saturated rings. The third-order valence-electron chi connectivity index (χ3n) is 1.54. The summed E-state index contributed by atoms with van der Waals surface area (Å²) in [6.45, 7) is 4.44. The molecule has 0 bridgehead atoms. The molecule has 0 saturated carbocycles. The van der Waals surface area contributed by atoms with Gasteiger partial charge in [0.25, 0.3) is 0 Å². The zero-order chi connectivity index (χ0) is 9.78. The number of hydrogen-bond acceptors (Lipinski definition) is 4. The summed E-state index contributed by atoms with van der Waals surface area (Å²) in [6, 6.07) is 0. The van der Waals surface area contributed by atoms with Crippen molar-refractivity contribution < 1.29 is 20.1 Å². The first-order chi connectivity index (χ1) is 5.40. The molecule has 0 amide bonds. The Hall–Kier alpha value is -0.160. The van der Waals surface area contributed by atoms with Crippen LogP contribution < -0.4 is 0 Å². The van der Waals surface area contributed by atoms with Crippen molar-refractivity contribution in [3.05, 3.63) is 0 Å². The molecule has 0 spiro atoms. The van der Waals surface area contributed by atoms with Gasteiger partial charge >= 0.3 is 0 Å². The normalized spacial score (nSPS) is 17.5. The van der Waals surface area contributed by atoms with Crippen molar-refractivity contribution in [1.29, 1.82) is 0 Å². The summed E-state index contributed by atoms with van der Waals surface area (Å²) in [7, 11) is 0. The largest absolute Gasteiger partial charge is 0.396 e. The van der Waals surface area contributed by atoms with Crippen LogP contribution in [-0.4, -0.2) is 40.4 Å². The molecule has 0 rings (SSSR count). The maximum Gasteiger partial charge on any atom is 0.160 e. The summed E-state index contributed by atoms with van der Waals surface area (Å²) >= 11 is 0. The summed E-state index contributed by atoms with van der Waals surface area (Å²) in [5.41, 5.74) is 0. The van der Waals surface area contributed by atoms with Gasteiger partial charge in [0.15, 0.2) is 5.79 Å². The van der Waals surface area contributed by atoms with Crippen LogP contribution in [-0.2, 0) is 4.74 Å². The van der Waals surface area contributed by atoms with Crippen molar-refractivity contribution >= 4 is 0 Å². The van der Waals surface area contributed by atoms with Gasteiger partial charge < -0.3 is 20.1 Å². The standard InChI is InChI=1S/C8H18O4/c1-6(4-9)7(5-10)12-8(2,3)11/h6-7,9-11H,4-5H2,1-3H3/t6-,7-/m0/s1. The van der Waals surface area contributed by atoms with Gasteiger partial charge in [-0.1, -0.05) is 6.92 Å². The van der Waals surface area contributed by atoms with Crippen LogP contribution in [0.2, 0.25) is 0 Å². The smallest absolute Gasteiger partial charge is 0.160 e. The number of aliphatic hydroxyl groups is 3. The third-order valence-corrected chi connectivity index (χ3v) is 1.54. The Morgan fingerprint density at radius 3 is 2.00 bits per heavy atom. The average Bonchev–Trinajstić information content (AvgIpc) is 1.97. The highest BCUT2D eigenvalue weighted by molar-refractivity contribution is 4.66. The molecular formula is C8H18O4. The quantitative estimate of drug-likeness (QED) is 0.506. The second-order valence-corrected chi connectivity index (χ2v) is 3.45. The molecule has 74 valence electrons. The molecule has 4 nitrogen and oxygen atoms in total. The van der Waals surface area contributed by atoms with Crippen molar-refractivity contribution in [3.8, 4) is 0 Å². The van der Waals surface area contributed by atoms with Gasteiger partial charge in [-0.2, -0.15) is 0 Å². The number of hydrogen-bond donors (Lipinski definition) is 3. The van der Waals surface area contributed by atoms with E-state index in [1.54, 1.807) is 6.92 Å². The predicted molar refractivity (Wildman–Crippen MR) is 44.5 cm³/mol. The fraction of sp³-hybridized carbons (Fsp3) is 1.00. The molecule has 0 saturated heterocycles. The van der Waals surface area contributed by atoms with E-state index in [2.05, 4.69) is 0 Å². The van der Waals surface area contributed by atoms with Crippen LogP contribution in [0.25, 0.3) is 0 Å². The molecule has 0 aliphatic rings. The molecule has 0 heterocycles. The minimum Gasteiger partial charge on any atom is -0.396 e. The number of ether oxygens (including phenoxy) is 1. The Morgan fingerprint density at radius 2 is 1.75 bits per heavy atom. The first kappa shape index (κ1) is 11.8. The highest BCUT2D eigenvalue weighted by atomic mass is 16.6. The molecule has 0 aromatic rings. The fourth-order valence-electron chi connectivity index (χ4n) is 0.821. The maximum atomic E-state index is 9.25. The van der Waals surface area contributed by atoms with E-state index in [4.69, 9.17) is 14.9 Å². The molecule has 0 aliphatic heterocycles. The lowest BCUT2D eigenvalue weighted by Crippen LogP contribution is -2.37. The molecule has 2 atom stereocenters. The average molecular weight is 178 g/mol. The lowest BCUT2D eigenvalue weighted by molar-refractivity contribution is -0.224. The Morgan fingerprint density at radius 1 is 1.25 bits per heavy atom. The molecule has 0 aromatic heterocycles. The van der Waals surface area contributed by atoms with Gasteiger partial charge in [-0.15, -0.1) is 0 Å². The van der Waals surface area contributed by atoms with E-state index in [1.165, 1.54) is 13.8 Å². The van der Waals surface area contributed by atoms with E-state index in [0.717, 1.165) is 0 Å². The van der Waals surface area contributed by atoms with E-state index in [-0.39, 0.29) is 19.1 Å². The zero-order valence-electron chi connectivity index (χ0n) is 7.82. The monoisotopic (exact) mass is 178 g/mol. The van der Waals surface area contributed by atoms with Crippen LogP contribution in [0.4, 0.5) is 0 Å². The summed E-state index contributed by atoms with van der Waals surface area (Å²) in [5.74, 6) is -1.45. The first-order valence-corrected chi connectivity index (χ1v) is 4.02. The van der Waals surface area contributed by atoms with Crippen LogP contribution >= 0.6 is 0 Å². The molecule has 0 unspecified atom stereocenters. The highest BCUT2D eigenvalue weighted by Gasteiger charge is 2.24. The first-order valence-electron chi connectivity index (χ1n) is 4.02. The number of aliphatic hydroxyl groups excluding tert-OH is 2. The Labute approximate surface area is 72.8 Å². The molecule has 0 aliphatic carbocycles. The molecule has 0 aromatic carbocycles. The van der Waals surface area contributed by atoms with Crippen molar-refractivity contribution in [2.24, 2.45) is 5.92 Å². The second kappa shape index (κ2) is 4.77. The molecule has 12 heavy (non-hydrogen) atoms. The van der Waals surface area contributed by atoms with Gasteiger partial charge in [0.1, 0.15) is 0 Å². The van der Waals surface area contributed by atoms with Crippen LogP contribution in [0, 0.1) is 5.92 Å². The van der Waals surface area contributed by atoms with Crippen LogP contribution in [0.5, 0.6) is 0 Å². The third kappa shape index (κ3) is 4.66. The summed E-state index contributed by atoms with van der Waals surface area (Å²) in [6.07, 6.45) is -0.519. The minimum absolute atomic E-state index is 0.0681. The minimum atomic E-state index is -1.27. The zero-order valence-corrected chi connectivity index (χ0v) is 7.82. The lowest BCUT2D eigenvalue weighted by atomic mass is 10.1. The number of rotatable bonds is 5. The van der Waals surface area contributed by atoms with Crippen LogP contribution in [0.15, 0.2) is 0 Å². The molecule has 0 radical (unpaired) electrons.